The summed E-state index contributed by atoms with van der Waals surface area (Å²) in [5.41, 5.74) is 1.53. The van der Waals surface area contributed by atoms with Crippen molar-refractivity contribution in [3.05, 3.63) is 11.3 Å². The standard InChI is InChI=1S/C12H24N4O2S2/c1-5-6-13-9-11-10(2)14-15-12(11)20(17,18)16(3)7-8-19-4/h13H,5-9H2,1-4H3,(H,14,15). The molecule has 0 aliphatic rings. The molecule has 0 aromatic carbocycles. The van der Waals surface area contributed by atoms with E-state index in [0.29, 0.717) is 13.1 Å². The topological polar surface area (TPSA) is 78.1 Å². The second-order valence-electron chi connectivity index (χ2n) is 4.63. The van der Waals surface area contributed by atoms with Crippen LogP contribution < -0.4 is 5.32 Å². The number of aromatic nitrogens is 2. The van der Waals surface area contributed by atoms with Gasteiger partial charge in [-0.05, 0) is 26.1 Å². The zero-order valence-electron chi connectivity index (χ0n) is 12.6. The third kappa shape index (κ3) is 4.21. The summed E-state index contributed by atoms with van der Waals surface area (Å²) in [6.45, 7) is 5.77. The second kappa shape index (κ2) is 8.02. The van der Waals surface area contributed by atoms with E-state index in [1.165, 1.54) is 4.31 Å². The van der Waals surface area contributed by atoms with Crippen molar-refractivity contribution in [2.24, 2.45) is 0 Å². The molecular weight excluding hydrogens is 296 g/mol. The lowest BCUT2D eigenvalue weighted by Gasteiger charge is -2.16. The summed E-state index contributed by atoms with van der Waals surface area (Å²) in [6, 6.07) is 0. The van der Waals surface area contributed by atoms with Gasteiger partial charge in [-0.15, -0.1) is 0 Å². The van der Waals surface area contributed by atoms with Gasteiger partial charge >= 0.3 is 0 Å². The Labute approximate surface area is 125 Å². The van der Waals surface area contributed by atoms with Crippen LogP contribution in [-0.4, -0.2) is 55.1 Å². The van der Waals surface area contributed by atoms with Gasteiger partial charge in [0.15, 0.2) is 5.03 Å². The Kier molecular flexibility index (Phi) is 7.01. The van der Waals surface area contributed by atoms with Crippen molar-refractivity contribution in [1.82, 2.24) is 19.8 Å². The Bertz CT molecular complexity index is 514. The molecule has 0 unspecified atom stereocenters. The van der Waals surface area contributed by atoms with E-state index in [1.807, 2.05) is 13.2 Å². The molecule has 0 amide bonds. The van der Waals surface area contributed by atoms with Gasteiger partial charge in [-0.3, -0.25) is 5.10 Å². The summed E-state index contributed by atoms with van der Waals surface area (Å²) in [4.78, 5) is 0. The summed E-state index contributed by atoms with van der Waals surface area (Å²) < 4.78 is 26.4. The third-order valence-electron chi connectivity index (χ3n) is 3.03. The van der Waals surface area contributed by atoms with Crippen LogP contribution in [-0.2, 0) is 16.6 Å². The molecule has 0 spiro atoms. The Morgan fingerprint density at radius 2 is 2.15 bits per heavy atom. The molecule has 0 fully saturated rings. The van der Waals surface area contributed by atoms with Crippen molar-refractivity contribution in [1.29, 1.82) is 0 Å². The minimum Gasteiger partial charge on any atom is -0.313 e. The van der Waals surface area contributed by atoms with Crippen molar-refractivity contribution in [2.45, 2.75) is 31.8 Å². The smallest absolute Gasteiger partial charge is 0.262 e. The highest BCUT2D eigenvalue weighted by Gasteiger charge is 2.27. The minimum absolute atomic E-state index is 0.141. The Morgan fingerprint density at radius 3 is 2.75 bits per heavy atom. The maximum Gasteiger partial charge on any atom is 0.262 e. The van der Waals surface area contributed by atoms with Crippen LogP contribution in [0.25, 0.3) is 0 Å². The van der Waals surface area contributed by atoms with Crippen LogP contribution in [0.2, 0.25) is 0 Å². The van der Waals surface area contributed by atoms with Crippen LogP contribution in [0.4, 0.5) is 0 Å². The fourth-order valence-corrected chi connectivity index (χ4v) is 3.63. The Hall–Kier alpha value is -0.570. The lowest BCUT2D eigenvalue weighted by molar-refractivity contribution is 0.483. The van der Waals surface area contributed by atoms with Gasteiger partial charge in [0, 0.05) is 37.1 Å². The van der Waals surface area contributed by atoms with Gasteiger partial charge in [-0.25, -0.2) is 8.42 Å². The number of nitrogens with one attached hydrogen (secondary N) is 2. The first-order valence-corrected chi connectivity index (χ1v) is 9.48. The first-order valence-electron chi connectivity index (χ1n) is 6.65. The van der Waals surface area contributed by atoms with E-state index in [4.69, 9.17) is 0 Å². The number of hydrogen-bond acceptors (Lipinski definition) is 5. The highest BCUT2D eigenvalue weighted by atomic mass is 32.2. The summed E-state index contributed by atoms with van der Waals surface area (Å²) in [7, 11) is -1.92. The highest BCUT2D eigenvalue weighted by Crippen LogP contribution is 2.19. The third-order valence-corrected chi connectivity index (χ3v) is 5.45. The lowest BCUT2D eigenvalue weighted by atomic mass is 10.2. The first kappa shape index (κ1) is 17.5. The minimum atomic E-state index is -3.52. The van der Waals surface area contributed by atoms with Gasteiger partial charge in [-0.2, -0.15) is 21.2 Å². The van der Waals surface area contributed by atoms with Crippen molar-refractivity contribution in [3.63, 3.8) is 0 Å². The predicted molar refractivity (Wildman–Crippen MR) is 83.5 cm³/mol. The number of rotatable bonds is 9. The van der Waals surface area contributed by atoms with Gasteiger partial charge in [0.25, 0.3) is 10.0 Å². The van der Waals surface area contributed by atoms with Crippen molar-refractivity contribution < 1.29 is 8.42 Å². The molecule has 116 valence electrons. The van der Waals surface area contributed by atoms with E-state index in [-0.39, 0.29) is 5.03 Å². The first-order chi connectivity index (χ1) is 9.45. The molecule has 0 aliphatic carbocycles. The molecule has 8 heteroatoms. The van der Waals surface area contributed by atoms with Gasteiger partial charge in [0.1, 0.15) is 0 Å². The van der Waals surface area contributed by atoms with Crippen LogP contribution >= 0.6 is 11.8 Å². The normalized spacial score (nSPS) is 12.2. The van der Waals surface area contributed by atoms with Gasteiger partial charge in [0.2, 0.25) is 0 Å². The zero-order valence-corrected chi connectivity index (χ0v) is 14.2. The number of thioether (sulfide) groups is 1. The van der Waals surface area contributed by atoms with Gasteiger partial charge in [-0.1, -0.05) is 6.92 Å². The molecule has 0 radical (unpaired) electrons. The Balaban J connectivity index is 2.94. The van der Waals surface area contributed by atoms with E-state index < -0.39 is 10.0 Å². The molecule has 1 rings (SSSR count). The monoisotopic (exact) mass is 320 g/mol. The molecule has 0 atom stereocenters. The summed E-state index contributed by atoms with van der Waals surface area (Å²) in [6.07, 6.45) is 2.96. The number of aromatic amines is 1. The van der Waals surface area contributed by atoms with E-state index in [0.717, 1.165) is 30.0 Å². The van der Waals surface area contributed by atoms with E-state index in [9.17, 15) is 8.42 Å². The van der Waals surface area contributed by atoms with E-state index >= 15 is 0 Å². The molecule has 1 aromatic rings. The molecule has 1 aromatic heterocycles. The van der Waals surface area contributed by atoms with E-state index in [2.05, 4.69) is 22.4 Å². The fraction of sp³-hybridized carbons (Fsp3) is 0.750. The summed E-state index contributed by atoms with van der Waals surface area (Å²) >= 11 is 1.62. The molecule has 2 N–H and O–H groups in total. The molecule has 0 aliphatic heterocycles. The number of H-pyrrole nitrogens is 1. The van der Waals surface area contributed by atoms with Crippen LogP contribution in [0.3, 0.4) is 0 Å². The number of sulfonamides is 1. The van der Waals surface area contributed by atoms with Crippen molar-refractivity contribution in [2.75, 3.05) is 32.1 Å². The molecule has 6 nitrogen and oxygen atoms in total. The van der Waals surface area contributed by atoms with Crippen LogP contribution in [0, 0.1) is 6.92 Å². The van der Waals surface area contributed by atoms with Gasteiger partial charge < -0.3 is 5.32 Å². The second-order valence-corrected chi connectivity index (χ2v) is 7.57. The average molecular weight is 320 g/mol. The molecule has 0 bridgehead atoms. The lowest BCUT2D eigenvalue weighted by Crippen LogP contribution is -2.30. The number of aryl methyl sites for hydroxylation is 1. The fourth-order valence-electron chi connectivity index (χ4n) is 1.73. The Morgan fingerprint density at radius 1 is 1.45 bits per heavy atom. The van der Waals surface area contributed by atoms with Crippen LogP contribution in [0.1, 0.15) is 24.6 Å². The maximum atomic E-state index is 12.5. The number of nitrogens with zero attached hydrogens (tertiary/aromatic N) is 2. The average Bonchev–Trinajstić information content (AvgIpc) is 2.78. The molecular formula is C12H24N4O2S2. The zero-order chi connectivity index (χ0) is 15.2. The SMILES string of the molecule is CCCNCc1c(S(=O)(=O)N(C)CCSC)n[nH]c1C. The van der Waals surface area contributed by atoms with E-state index in [1.54, 1.807) is 18.8 Å². The molecule has 0 saturated carbocycles. The predicted octanol–water partition coefficient (Wildman–Crippen LogP) is 1.20. The van der Waals surface area contributed by atoms with Crippen molar-refractivity contribution >= 4 is 21.8 Å². The van der Waals surface area contributed by atoms with Crippen LogP contribution in [0.15, 0.2) is 5.03 Å². The summed E-state index contributed by atoms with van der Waals surface area (Å²) in [5, 5.41) is 10.1. The maximum absolute atomic E-state index is 12.5. The largest absolute Gasteiger partial charge is 0.313 e. The van der Waals surface area contributed by atoms with Gasteiger partial charge in [0.05, 0.1) is 0 Å². The summed E-state index contributed by atoms with van der Waals surface area (Å²) in [5.74, 6) is 0.766. The molecule has 0 saturated heterocycles. The molecule has 1 heterocycles. The molecule has 20 heavy (non-hydrogen) atoms. The number of hydrogen-bond donors (Lipinski definition) is 2. The quantitative estimate of drug-likeness (QED) is 0.669. The van der Waals surface area contributed by atoms with Crippen molar-refractivity contribution in [3.8, 4) is 0 Å². The highest BCUT2D eigenvalue weighted by molar-refractivity contribution is 7.98. The van der Waals surface area contributed by atoms with Crippen LogP contribution in [0.5, 0.6) is 0 Å².